The third-order valence-electron chi connectivity index (χ3n) is 4.18. The monoisotopic (exact) mass is 498 g/mol. The van der Waals surface area contributed by atoms with Crippen molar-refractivity contribution in [2.75, 3.05) is 6.54 Å². The van der Waals surface area contributed by atoms with Crippen LogP contribution >= 0.6 is 11.6 Å². The lowest BCUT2D eigenvalue weighted by Gasteiger charge is -2.22. The number of halogens is 7. The molecule has 2 aromatic rings. The fourth-order valence-electron chi connectivity index (χ4n) is 2.84. The minimum atomic E-state index is -5.00. The van der Waals surface area contributed by atoms with Crippen LogP contribution in [0, 0.1) is 0 Å². The second kappa shape index (κ2) is 9.21. The summed E-state index contributed by atoms with van der Waals surface area (Å²) in [6.07, 6.45) is -9.20. The maximum absolute atomic E-state index is 12.6. The van der Waals surface area contributed by atoms with E-state index in [1.807, 2.05) is 0 Å². The van der Waals surface area contributed by atoms with E-state index in [0.717, 1.165) is 36.5 Å². The fourth-order valence-corrected chi connectivity index (χ4v) is 3.07. The van der Waals surface area contributed by atoms with E-state index in [4.69, 9.17) is 11.6 Å². The summed E-state index contributed by atoms with van der Waals surface area (Å²) in [5, 5.41) is 6.81. The van der Waals surface area contributed by atoms with Gasteiger partial charge in [0.2, 0.25) is 5.91 Å². The number of nitrogens with one attached hydrogen (secondary N) is 3. The summed E-state index contributed by atoms with van der Waals surface area (Å²) in [5.74, 6) is -2.02. The molecule has 2 heterocycles. The molecule has 1 aromatic carbocycles. The molecule has 33 heavy (non-hydrogen) atoms. The first-order valence-electron chi connectivity index (χ1n) is 8.92. The first-order valence-corrected chi connectivity index (χ1v) is 9.30. The van der Waals surface area contributed by atoms with E-state index < -0.39 is 53.3 Å². The van der Waals surface area contributed by atoms with E-state index in [1.54, 1.807) is 0 Å². The van der Waals surface area contributed by atoms with Crippen LogP contribution in [0.5, 0.6) is 11.5 Å². The smallest absolute Gasteiger partial charge is 0.404 e. The van der Waals surface area contributed by atoms with Crippen LogP contribution in [-0.4, -0.2) is 42.2 Å². The molecule has 0 radical (unpaired) electrons. The van der Waals surface area contributed by atoms with Gasteiger partial charge in [0, 0.05) is 6.54 Å². The molecule has 3 rings (SSSR count). The highest BCUT2D eigenvalue weighted by atomic mass is 35.5. The van der Waals surface area contributed by atoms with Crippen LogP contribution in [0.2, 0.25) is 5.02 Å². The summed E-state index contributed by atoms with van der Waals surface area (Å²) >= 11 is 5.88. The van der Waals surface area contributed by atoms with Crippen molar-refractivity contribution in [3.8, 4) is 11.5 Å². The SMILES string of the molecule is O=C1NC[C@@H](C(=O)NC(c2ccc(OC(F)(F)F)c(Cl)c2)c2ccc(OC(F)(F)F)cn2)N1. The average molecular weight is 499 g/mol. The molecule has 0 saturated carbocycles. The van der Waals surface area contributed by atoms with Crippen molar-refractivity contribution in [2.24, 2.45) is 0 Å². The Morgan fingerprint density at radius 3 is 2.33 bits per heavy atom. The number of rotatable bonds is 6. The molecule has 1 aliphatic heterocycles. The van der Waals surface area contributed by atoms with Crippen LogP contribution in [0.3, 0.4) is 0 Å². The Kier molecular flexibility index (Phi) is 6.76. The standard InChI is InChI=1S/C18H13ClF6N4O4/c19-10-5-8(1-4-13(10)33-18(23,24)25)14(29-15(30)12-7-27-16(31)28-12)11-3-2-9(6-26-11)32-17(20,21)22/h1-6,12,14H,7H2,(H,29,30)(H2,27,28,31)/t12-,14?/m0/s1. The first-order chi connectivity index (χ1) is 15.3. The number of amides is 3. The molecule has 3 amide bonds. The summed E-state index contributed by atoms with van der Waals surface area (Å²) in [5.41, 5.74) is 0.146. The second-order valence-electron chi connectivity index (χ2n) is 6.55. The lowest BCUT2D eigenvalue weighted by atomic mass is 10.0. The van der Waals surface area contributed by atoms with Crippen LogP contribution < -0.4 is 25.4 Å². The van der Waals surface area contributed by atoms with Crippen molar-refractivity contribution in [2.45, 2.75) is 24.8 Å². The van der Waals surface area contributed by atoms with Crippen molar-refractivity contribution in [1.82, 2.24) is 20.9 Å². The molecule has 1 unspecified atom stereocenters. The van der Waals surface area contributed by atoms with E-state index in [2.05, 4.69) is 30.4 Å². The van der Waals surface area contributed by atoms with Gasteiger partial charge in [-0.3, -0.25) is 9.78 Å². The molecule has 3 N–H and O–H groups in total. The van der Waals surface area contributed by atoms with E-state index in [0.29, 0.717) is 0 Å². The Labute approximate surface area is 186 Å². The van der Waals surface area contributed by atoms with Gasteiger partial charge in [-0.2, -0.15) is 0 Å². The van der Waals surface area contributed by atoms with E-state index in [1.165, 1.54) is 0 Å². The zero-order valence-electron chi connectivity index (χ0n) is 16.1. The maximum atomic E-state index is 12.6. The number of carbonyl (C=O) groups is 2. The number of ether oxygens (including phenoxy) is 2. The van der Waals surface area contributed by atoms with E-state index in [-0.39, 0.29) is 17.8 Å². The molecule has 1 saturated heterocycles. The predicted molar refractivity (Wildman–Crippen MR) is 99.4 cm³/mol. The number of benzene rings is 1. The Morgan fingerprint density at radius 2 is 1.82 bits per heavy atom. The molecule has 1 fully saturated rings. The molecule has 1 aromatic heterocycles. The number of hydrogen-bond acceptors (Lipinski definition) is 5. The zero-order valence-corrected chi connectivity index (χ0v) is 16.8. The summed E-state index contributed by atoms with van der Waals surface area (Å²) in [4.78, 5) is 27.7. The van der Waals surface area contributed by atoms with Crippen LogP contribution in [0.25, 0.3) is 0 Å². The highest BCUT2D eigenvalue weighted by molar-refractivity contribution is 6.32. The highest BCUT2D eigenvalue weighted by Crippen LogP contribution is 2.34. The Hall–Kier alpha value is -3.42. The van der Waals surface area contributed by atoms with E-state index >= 15 is 0 Å². The molecule has 0 aliphatic carbocycles. The fraction of sp³-hybridized carbons (Fsp3) is 0.278. The topological polar surface area (TPSA) is 102 Å². The number of aromatic nitrogens is 1. The maximum Gasteiger partial charge on any atom is 0.573 e. The van der Waals surface area contributed by atoms with Crippen LogP contribution in [0.15, 0.2) is 36.5 Å². The van der Waals surface area contributed by atoms with Crippen molar-refractivity contribution in [3.63, 3.8) is 0 Å². The van der Waals surface area contributed by atoms with Gasteiger partial charge < -0.3 is 25.4 Å². The van der Waals surface area contributed by atoms with Gasteiger partial charge in [-0.15, -0.1) is 26.3 Å². The Bertz CT molecular complexity index is 1030. The predicted octanol–water partition coefficient (Wildman–Crippen LogP) is 3.42. The molecule has 1 aliphatic rings. The third kappa shape index (κ3) is 6.78. The molecule has 178 valence electrons. The number of hydrogen-bond donors (Lipinski definition) is 3. The third-order valence-corrected chi connectivity index (χ3v) is 4.47. The lowest BCUT2D eigenvalue weighted by molar-refractivity contribution is -0.275. The van der Waals surface area contributed by atoms with Gasteiger partial charge in [-0.25, -0.2) is 4.79 Å². The summed E-state index contributed by atoms with van der Waals surface area (Å²) < 4.78 is 82.2. The Balaban J connectivity index is 1.91. The highest BCUT2D eigenvalue weighted by Gasteiger charge is 2.34. The number of pyridine rings is 1. The van der Waals surface area contributed by atoms with Crippen LogP contribution in [-0.2, 0) is 4.79 Å². The van der Waals surface area contributed by atoms with E-state index in [9.17, 15) is 35.9 Å². The molecule has 0 spiro atoms. The van der Waals surface area contributed by atoms with Gasteiger partial charge in [0.25, 0.3) is 0 Å². The largest absolute Gasteiger partial charge is 0.573 e. The molecule has 15 heteroatoms. The minimum absolute atomic E-state index is 0.00992. The van der Waals surface area contributed by atoms with Gasteiger partial charge in [0.15, 0.2) is 0 Å². The average Bonchev–Trinajstić information content (AvgIpc) is 3.13. The molecule has 0 bridgehead atoms. The van der Waals surface area contributed by atoms with Gasteiger partial charge in [-0.1, -0.05) is 17.7 Å². The van der Waals surface area contributed by atoms with Crippen molar-refractivity contribution in [3.05, 3.63) is 52.8 Å². The normalized spacial score (nSPS) is 17.1. The van der Waals surface area contributed by atoms with Gasteiger partial charge in [0.05, 0.1) is 23.0 Å². The van der Waals surface area contributed by atoms with Gasteiger partial charge >= 0.3 is 18.8 Å². The number of carbonyl (C=O) groups excluding carboxylic acids is 2. The summed E-state index contributed by atoms with van der Waals surface area (Å²) in [6, 6.07) is 2.47. The second-order valence-corrected chi connectivity index (χ2v) is 6.96. The lowest BCUT2D eigenvalue weighted by Crippen LogP contribution is -2.44. The van der Waals surface area contributed by atoms with Crippen molar-refractivity contribution < 1.29 is 45.4 Å². The van der Waals surface area contributed by atoms with Crippen molar-refractivity contribution in [1.29, 1.82) is 0 Å². The van der Waals surface area contributed by atoms with Crippen LogP contribution in [0.4, 0.5) is 31.1 Å². The zero-order chi connectivity index (χ0) is 24.4. The molecular formula is C18H13ClF6N4O4. The summed E-state index contributed by atoms with van der Waals surface area (Å²) in [6.45, 7) is -0.0394. The summed E-state index contributed by atoms with van der Waals surface area (Å²) in [7, 11) is 0. The molecule has 2 atom stereocenters. The molecule has 8 nitrogen and oxygen atoms in total. The van der Waals surface area contributed by atoms with Gasteiger partial charge in [0.1, 0.15) is 17.5 Å². The first kappa shape index (κ1) is 24.2. The quantitative estimate of drug-likeness (QED) is 0.530. The Morgan fingerprint density at radius 1 is 1.12 bits per heavy atom. The number of nitrogens with zero attached hydrogens (tertiary/aromatic N) is 1. The number of alkyl halides is 6. The van der Waals surface area contributed by atoms with Gasteiger partial charge in [-0.05, 0) is 29.8 Å². The van der Waals surface area contributed by atoms with Crippen LogP contribution in [0.1, 0.15) is 17.3 Å². The number of urea groups is 1. The molecular weight excluding hydrogens is 486 g/mol. The minimum Gasteiger partial charge on any atom is -0.404 e. The van der Waals surface area contributed by atoms with Crippen molar-refractivity contribution >= 4 is 23.5 Å².